The molecule has 0 spiro atoms. The van der Waals surface area contributed by atoms with E-state index < -0.39 is 0 Å². The number of benzene rings is 6. The van der Waals surface area contributed by atoms with Crippen molar-refractivity contribution in [2.75, 3.05) is 4.90 Å². The zero-order chi connectivity index (χ0) is 23.6. The van der Waals surface area contributed by atoms with Crippen LogP contribution in [0.1, 0.15) is 0 Å². The maximum absolute atomic E-state index is 2.43. The number of hydrogen-bond donors (Lipinski definition) is 0. The lowest BCUT2D eigenvalue weighted by atomic mass is 9.90. The molecule has 0 amide bonds. The third-order valence-corrected chi connectivity index (χ3v) is 7.47. The Labute approximate surface area is 209 Å². The van der Waals surface area contributed by atoms with Crippen molar-refractivity contribution in [1.82, 2.24) is 4.57 Å². The Morgan fingerprint density at radius 1 is 0.417 bits per heavy atom. The molecule has 2 heterocycles. The summed E-state index contributed by atoms with van der Waals surface area (Å²) in [7, 11) is 0. The average molecular weight is 459 g/mol. The summed E-state index contributed by atoms with van der Waals surface area (Å²) in [6.45, 7) is 0. The van der Waals surface area contributed by atoms with Crippen LogP contribution in [0.4, 0.5) is 17.1 Å². The van der Waals surface area contributed by atoms with Crippen molar-refractivity contribution in [3.05, 3.63) is 133 Å². The first-order chi connectivity index (χ1) is 17.9. The van der Waals surface area contributed by atoms with Gasteiger partial charge in [-0.3, -0.25) is 0 Å². The Morgan fingerprint density at radius 2 is 1.11 bits per heavy atom. The van der Waals surface area contributed by atoms with Crippen LogP contribution in [0.3, 0.4) is 0 Å². The molecule has 6 aromatic carbocycles. The molecule has 0 aliphatic carbocycles. The summed E-state index contributed by atoms with van der Waals surface area (Å²) in [4.78, 5) is 2.43. The Hall–Kier alpha value is -4.82. The van der Waals surface area contributed by atoms with E-state index in [1.807, 2.05) is 0 Å². The minimum atomic E-state index is 1.17. The highest BCUT2D eigenvalue weighted by Gasteiger charge is 2.27. The lowest BCUT2D eigenvalue weighted by Crippen LogP contribution is -2.15. The van der Waals surface area contributed by atoms with E-state index in [9.17, 15) is 0 Å². The van der Waals surface area contributed by atoms with Crippen molar-refractivity contribution in [2.45, 2.75) is 0 Å². The quantitative estimate of drug-likeness (QED) is 0.250. The molecule has 0 unspecified atom stereocenters. The second-order valence-corrected chi connectivity index (χ2v) is 9.43. The number of rotatable bonds is 2. The predicted molar refractivity (Wildman–Crippen MR) is 152 cm³/mol. The summed E-state index contributed by atoms with van der Waals surface area (Å²) in [6, 6.07) is 48.3. The molecule has 0 radical (unpaired) electrons. The van der Waals surface area contributed by atoms with E-state index in [2.05, 4.69) is 143 Å². The highest BCUT2D eigenvalue weighted by Crippen LogP contribution is 2.52. The van der Waals surface area contributed by atoms with Gasteiger partial charge in [0.2, 0.25) is 0 Å². The van der Waals surface area contributed by atoms with Gasteiger partial charge < -0.3 is 9.47 Å². The van der Waals surface area contributed by atoms with Gasteiger partial charge in [-0.05, 0) is 59.5 Å². The van der Waals surface area contributed by atoms with Gasteiger partial charge in [0, 0.05) is 33.1 Å². The van der Waals surface area contributed by atoms with Gasteiger partial charge >= 0.3 is 0 Å². The van der Waals surface area contributed by atoms with Gasteiger partial charge in [-0.25, -0.2) is 0 Å². The van der Waals surface area contributed by atoms with Crippen molar-refractivity contribution < 1.29 is 0 Å². The topological polar surface area (TPSA) is 8.17 Å². The van der Waals surface area contributed by atoms with Gasteiger partial charge in [0.1, 0.15) is 0 Å². The zero-order valence-corrected chi connectivity index (χ0v) is 19.6. The standard InChI is InChI=1S/C34H22N2/c1-3-13-24(14-4-1)35-30-19-8-7-17-26(30)28-21-29-27-18-9-11-23-12-10-20-31(34(23)27)36(33(29)22-32(28)35)25-15-5-2-6-16-25/h1-22H. The van der Waals surface area contributed by atoms with E-state index in [4.69, 9.17) is 0 Å². The van der Waals surface area contributed by atoms with Gasteiger partial charge in [0.25, 0.3) is 0 Å². The molecular formula is C34H22N2. The molecule has 0 N–H and O–H groups in total. The van der Waals surface area contributed by atoms with Gasteiger partial charge in [-0.15, -0.1) is 0 Å². The van der Waals surface area contributed by atoms with Gasteiger partial charge in [-0.1, -0.05) is 84.9 Å². The largest absolute Gasteiger partial charge is 0.309 e. The van der Waals surface area contributed by atoms with Gasteiger partial charge in [0.15, 0.2) is 0 Å². The number of aromatic nitrogens is 1. The van der Waals surface area contributed by atoms with Gasteiger partial charge in [-0.2, -0.15) is 0 Å². The van der Waals surface area contributed by atoms with Crippen LogP contribution in [0, 0.1) is 0 Å². The monoisotopic (exact) mass is 458 g/mol. The Kier molecular flexibility index (Phi) is 3.97. The van der Waals surface area contributed by atoms with Crippen LogP contribution in [0.2, 0.25) is 0 Å². The second kappa shape index (κ2) is 7.34. The SMILES string of the molecule is c1ccc(N2c3cc4c(cc3-c3cccc5cccc2c35)c2ccccc2n4-c2ccccc2)cc1. The molecule has 1 aliphatic rings. The molecule has 0 fully saturated rings. The molecule has 36 heavy (non-hydrogen) atoms. The maximum Gasteiger partial charge on any atom is 0.0562 e. The number of hydrogen-bond acceptors (Lipinski definition) is 1. The van der Waals surface area contributed by atoms with E-state index >= 15 is 0 Å². The molecule has 0 atom stereocenters. The molecule has 8 rings (SSSR count). The highest BCUT2D eigenvalue weighted by atomic mass is 15.2. The molecule has 0 bridgehead atoms. The van der Waals surface area contributed by atoms with Gasteiger partial charge in [0.05, 0.1) is 22.4 Å². The minimum absolute atomic E-state index is 1.17. The fourth-order valence-corrected chi connectivity index (χ4v) is 5.98. The molecule has 168 valence electrons. The number of fused-ring (bicyclic) bond motifs is 5. The van der Waals surface area contributed by atoms with Crippen LogP contribution in [0.5, 0.6) is 0 Å². The van der Waals surface area contributed by atoms with Crippen LogP contribution in [0.25, 0.3) is 49.4 Å². The summed E-state index contributed by atoms with van der Waals surface area (Å²) < 4.78 is 2.40. The van der Waals surface area contributed by atoms with E-state index in [1.165, 1.54) is 66.5 Å². The molecule has 0 saturated carbocycles. The summed E-state index contributed by atoms with van der Waals surface area (Å²) in [5, 5.41) is 5.12. The lowest BCUT2D eigenvalue weighted by Gasteiger charge is -2.33. The Morgan fingerprint density at radius 3 is 1.92 bits per heavy atom. The lowest BCUT2D eigenvalue weighted by molar-refractivity contribution is 1.18. The van der Waals surface area contributed by atoms with Crippen LogP contribution >= 0.6 is 0 Å². The smallest absolute Gasteiger partial charge is 0.0562 e. The number of nitrogens with zero attached hydrogens (tertiary/aromatic N) is 2. The predicted octanol–water partition coefficient (Wildman–Crippen LogP) is 9.39. The number of anilines is 3. The second-order valence-electron chi connectivity index (χ2n) is 9.43. The molecule has 2 heteroatoms. The summed E-state index contributed by atoms with van der Waals surface area (Å²) >= 11 is 0. The van der Waals surface area contributed by atoms with Crippen molar-refractivity contribution in [3.63, 3.8) is 0 Å². The molecule has 1 aromatic heterocycles. The van der Waals surface area contributed by atoms with E-state index in [1.54, 1.807) is 0 Å². The van der Waals surface area contributed by atoms with Crippen LogP contribution in [-0.2, 0) is 0 Å². The van der Waals surface area contributed by atoms with E-state index in [0.717, 1.165) is 0 Å². The average Bonchev–Trinajstić information content (AvgIpc) is 3.27. The summed E-state index contributed by atoms with van der Waals surface area (Å²) in [5.41, 5.74) is 9.78. The molecule has 0 saturated heterocycles. The fraction of sp³-hybridized carbons (Fsp3) is 0. The van der Waals surface area contributed by atoms with Crippen LogP contribution in [0.15, 0.2) is 133 Å². The van der Waals surface area contributed by atoms with Crippen LogP contribution in [-0.4, -0.2) is 4.57 Å². The van der Waals surface area contributed by atoms with Crippen molar-refractivity contribution in [2.24, 2.45) is 0 Å². The van der Waals surface area contributed by atoms with Crippen molar-refractivity contribution >= 4 is 49.6 Å². The first-order valence-electron chi connectivity index (χ1n) is 12.4. The first kappa shape index (κ1) is 19.5. The van der Waals surface area contributed by atoms with Crippen molar-refractivity contribution in [3.8, 4) is 16.8 Å². The van der Waals surface area contributed by atoms with Crippen LogP contribution < -0.4 is 4.90 Å². The number of para-hydroxylation sites is 3. The van der Waals surface area contributed by atoms with E-state index in [-0.39, 0.29) is 0 Å². The molecule has 2 nitrogen and oxygen atoms in total. The first-order valence-corrected chi connectivity index (χ1v) is 12.4. The Balaban J connectivity index is 1.56. The summed E-state index contributed by atoms with van der Waals surface area (Å²) in [5.74, 6) is 0. The fourth-order valence-electron chi connectivity index (χ4n) is 5.98. The third-order valence-electron chi connectivity index (χ3n) is 7.47. The van der Waals surface area contributed by atoms with E-state index in [0.29, 0.717) is 0 Å². The molecule has 1 aliphatic heterocycles. The van der Waals surface area contributed by atoms with Crippen molar-refractivity contribution in [1.29, 1.82) is 0 Å². The highest BCUT2D eigenvalue weighted by molar-refractivity contribution is 6.18. The Bertz CT molecular complexity index is 1930. The molecule has 7 aromatic rings. The zero-order valence-electron chi connectivity index (χ0n) is 19.6. The normalized spacial score (nSPS) is 12.4. The molecular weight excluding hydrogens is 436 g/mol. The summed E-state index contributed by atoms with van der Waals surface area (Å²) in [6.07, 6.45) is 0. The third kappa shape index (κ3) is 2.61. The maximum atomic E-state index is 2.43. The minimum Gasteiger partial charge on any atom is -0.309 e.